The Kier molecular flexibility index (Phi) is 2.81. The molecule has 0 amide bonds. The third kappa shape index (κ3) is 1.92. The Morgan fingerprint density at radius 2 is 2.20 bits per heavy atom. The zero-order valence-corrected chi connectivity index (χ0v) is 9.47. The molecule has 0 aliphatic carbocycles. The highest BCUT2D eigenvalue weighted by molar-refractivity contribution is 7.18. The summed E-state index contributed by atoms with van der Waals surface area (Å²) in [7, 11) is 1.37. The van der Waals surface area contributed by atoms with Gasteiger partial charge in [-0.1, -0.05) is 0 Å². The maximum atomic E-state index is 11.4. The van der Waals surface area contributed by atoms with Crippen molar-refractivity contribution in [3.63, 3.8) is 0 Å². The topological polar surface area (TPSA) is 55.6 Å². The van der Waals surface area contributed by atoms with Crippen molar-refractivity contribution in [3.8, 4) is 0 Å². The van der Waals surface area contributed by atoms with Gasteiger partial charge in [-0.2, -0.15) is 0 Å². The standard InChI is InChI=1S/C10H14N2O2S/c1-14-10(13)9-7(11)6-8(15-9)12-4-2-3-5-12/h6H,2-5,11H2,1H3. The molecule has 4 nitrogen and oxygen atoms in total. The molecule has 0 unspecified atom stereocenters. The normalized spacial score (nSPS) is 15.7. The fourth-order valence-corrected chi connectivity index (χ4v) is 2.79. The SMILES string of the molecule is COC(=O)c1sc(N2CCCC2)cc1N. The number of thiophene rings is 1. The van der Waals surface area contributed by atoms with Gasteiger partial charge in [0.05, 0.1) is 17.8 Å². The lowest BCUT2D eigenvalue weighted by Crippen LogP contribution is -2.15. The Balaban J connectivity index is 2.23. The fourth-order valence-electron chi connectivity index (χ4n) is 1.74. The van der Waals surface area contributed by atoms with Crippen molar-refractivity contribution in [1.82, 2.24) is 0 Å². The minimum Gasteiger partial charge on any atom is -0.465 e. The predicted molar refractivity (Wildman–Crippen MR) is 61.5 cm³/mol. The number of nitrogen functional groups attached to an aromatic ring is 1. The number of carbonyl (C=O) groups is 1. The molecule has 5 heteroatoms. The van der Waals surface area contributed by atoms with Crippen LogP contribution in [0.4, 0.5) is 10.7 Å². The maximum Gasteiger partial charge on any atom is 0.350 e. The Morgan fingerprint density at radius 1 is 1.53 bits per heavy atom. The second-order valence-corrected chi connectivity index (χ2v) is 4.59. The Hall–Kier alpha value is -1.23. The van der Waals surface area contributed by atoms with Crippen LogP contribution < -0.4 is 10.6 Å². The number of hydrogen-bond acceptors (Lipinski definition) is 5. The van der Waals surface area contributed by atoms with E-state index < -0.39 is 0 Å². The predicted octanol–water partition coefficient (Wildman–Crippen LogP) is 1.72. The lowest BCUT2D eigenvalue weighted by molar-refractivity contribution is 0.0607. The van der Waals surface area contributed by atoms with E-state index in [9.17, 15) is 4.79 Å². The highest BCUT2D eigenvalue weighted by Crippen LogP contribution is 2.34. The third-order valence-corrected chi connectivity index (χ3v) is 3.73. The smallest absolute Gasteiger partial charge is 0.350 e. The van der Waals surface area contributed by atoms with E-state index in [1.54, 1.807) is 0 Å². The highest BCUT2D eigenvalue weighted by atomic mass is 32.1. The number of carbonyl (C=O) groups excluding carboxylic acids is 1. The van der Waals surface area contributed by atoms with Crippen LogP contribution >= 0.6 is 11.3 Å². The molecule has 15 heavy (non-hydrogen) atoms. The molecule has 1 saturated heterocycles. The van der Waals surface area contributed by atoms with Crippen LogP contribution in [0.3, 0.4) is 0 Å². The summed E-state index contributed by atoms with van der Waals surface area (Å²) >= 11 is 1.42. The van der Waals surface area contributed by atoms with Crippen molar-refractivity contribution >= 4 is 28.0 Å². The highest BCUT2D eigenvalue weighted by Gasteiger charge is 2.19. The first-order valence-electron chi connectivity index (χ1n) is 4.95. The number of esters is 1. The molecule has 0 saturated carbocycles. The van der Waals surface area contributed by atoms with Crippen LogP contribution in [0.25, 0.3) is 0 Å². The van der Waals surface area contributed by atoms with E-state index in [4.69, 9.17) is 5.73 Å². The zero-order chi connectivity index (χ0) is 10.8. The number of nitrogens with two attached hydrogens (primary N) is 1. The summed E-state index contributed by atoms with van der Waals surface area (Å²) in [6.45, 7) is 2.11. The number of anilines is 2. The average Bonchev–Trinajstić information content (AvgIpc) is 2.84. The summed E-state index contributed by atoms with van der Waals surface area (Å²) in [4.78, 5) is 14.1. The Morgan fingerprint density at radius 3 is 2.80 bits per heavy atom. The van der Waals surface area contributed by atoms with Crippen LogP contribution in [0.5, 0.6) is 0 Å². The summed E-state index contributed by atoms with van der Waals surface area (Å²) in [6, 6.07) is 1.86. The van der Waals surface area contributed by atoms with Crippen LogP contribution in [0.15, 0.2) is 6.07 Å². The maximum absolute atomic E-state index is 11.4. The molecular weight excluding hydrogens is 212 g/mol. The molecule has 0 atom stereocenters. The molecular formula is C10H14N2O2S. The number of hydrogen-bond donors (Lipinski definition) is 1. The largest absolute Gasteiger partial charge is 0.465 e. The fraction of sp³-hybridized carbons (Fsp3) is 0.500. The number of rotatable bonds is 2. The molecule has 2 N–H and O–H groups in total. The molecule has 1 aromatic rings. The Bertz CT molecular complexity index is 369. The molecule has 0 radical (unpaired) electrons. The van der Waals surface area contributed by atoms with Gasteiger partial charge in [-0.25, -0.2) is 4.79 Å². The minimum absolute atomic E-state index is 0.344. The second-order valence-electron chi connectivity index (χ2n) is 3.55. The monoisotopic (exact) mass is 226 g/mol. The number of ether oxygens (including phenoxy) is 1. The number of nitrogens with zero attached hydrogens (tertiary/aromatic N) is 1. The average molecular weight is 226 g/mol. The molecule has 2 heterocycles. The van der Waals surface area contributed by atoms with E-state index in [1.165, 1.54) is 31.3 Å². The van der Waals surface area contributed by atoms with Gasteiger partial charge >= 0.3 is 5.97 Å². The van der Waals surface area contributed by atoms with Crippen molar-refractivity contribution in [1.29, 1.82) is 0 Å². The van der Waals surface area contributed by atoms with E-state index >= 15 is 0 Å². The van der Waals surface area contributed by atoms with Gasteiger partial charge in [-0.15, -0.1) is 11.3 Å². The lowest BCUT2D eigenvalue weighted by atomic mass is 10.4. The van der Waals surface area contributed by atoms with E-state index in [1.807, 2.05) is 6.07 Å². The first kappa shape index (κ1) is 10.3. The van der Waals surface area contributed by atoms with Crippen LogP contribution in [-0.4, -0.2) is 26.2 Å². The van der Waals surface area contributed by atoms with Crippen LogP contribution in [0, 0.1) is 0 Å². The zero-order valence-electron chi connectivity index (χ0n) is 8.66. The molecule has 82 valence electrons. The molecule has 1 aliphatic heterocycles. The van der Waals surface area contributed by atoms with Gasteiger partial charge in [0.1, 0.15) is 4.88 Å². The van der Waals surface area contributed by atoms with Gasteiger partial charge in [0.15, 0.2) is 0 Å². The van der Waals surface area contributed by atoms with Crippen molar-refractivity contribution in [2.45, 2.75) is 12.8 Å². The van der Waals surface area contributed by atoms with Gasteiger partial charge in [-0.05, 0) is 18.9 Å². The molecule has 1 aliphatic rings. The molecule has 0 spiro atoms. The van der Waals surface area contributed by atoms with E-state index in [0.717, 1.165) is 18.1 Å². The Labute approximate surface area is 92.6 Å². The first-order chi connectivity index (χ1) is 7.22. The van der Waals surface area contributed by atoms with Crippen molar-refractivity contribution in [2.24, 2.45) is 0 Å². The molecule has 0 bridgehead atoms. The van der Waals surface area contributed by atoms with Gasteiger partial charge in [0.25, 0.3) is 0 Å². The van der Waals surface area contributed by atoms with Crippen molar-refractivity contribution in [2.75, 3.05) is 30.8 Å². The van der Waals surface area contributed by atoms with Gasteiger partial charge in [-0.3, -0.25) is 0 Å². The van der Waals surface area contributed by atoms with Gasteiger partial charge in [0.2, 0.25) is 0 Å². The van der Waals surface area contributed by atoms with Gasteiger partial charge < -0.3 is 15.4 Å². The van der Waals surface area contributed by atoms with Crippen molar-refractivity contribution < 1.29 is 9.53 Å². The molecule has 0 aromatic carbocycles. The van der Waals surface area contributed by atoms with Crippen LogP contribution in [0.2, 0.25) is 0 Å². The summed E-state index contributed by atoms with van der Waals surface area (Å²) in [5.74, 6) is -0.344. The first-order valence-corrected chi connectivity index (χ1v) is 5.76. The summed E-state index contributed by atoms with van der Waals surface area (Å²) in [5, 5.41) is 1.07. The molecule has 2 rings (SSSR count). The third-order valence-electron chi connectivity index (χ3n) is 2.54. The number of methoxy groups -OCH3 is 1. The summed E-state index contributed by atoms with van der Waals surface area (Å²) < 4.78 is 4.67. The van der Waals surface area contributed by atoms with E-state index in [-0.39, 0.29) is 5.97 Å². The van der Waals surface area contributed by atoms with E-state index in [2.05, 4.69) is 9.64 Å². The van der Waals surface area contributed by atoms with Crippen molar-refractivity contribution in [3.05, 3.63) is 10.9 Å². The van der Waals surface area contributed by atoms with Gasteiger partial charge in [0, 0.05) is 13.1 Å². The minimum atomic E-state index is -0.344. The molecule has 1 aromatic heterocycles. The molecule has 1 fully saturated rings. The van der Waals surface area contributed by atoms with Crippen LogP contribution in [0.1, 0.15) is 22.5 Å². The second kappa shape index (κ2) is 4.10. The van der Waals surface area contributed by atoms with Crippen LogP contribution in [-0.2, 0) is 4.74 Å². The van der Waals surface area contributed by atoms with E-state index in [0.29, 0.717) is 10.6 Å². The quantitative estimate of drug-likeness (QED) is 0.780. The lowest BCUT2D eigenvalue weighted by Gasteiger charge is -2.13. The summed E-state index contributed by atoms with van der Waals surface area (Å²) in [5.41, 5.74) is 6.29. The summed E-state index contributed by atoms with van der Waals surface area (Å²) in [6.07, 6.45) is 2.43.